The Morgan fingerprint density at radius 3 is 2.95 bits per heavy atom. The van der Waals surface area contributed by atoms with Crippen LogP contribution in [-0.4, -0.2) is 36.2 Å². The molecule has 0 aliphatic rings. The van der Waals surface area contributed by atoms with Gasteiger partial charge in [-0.25, -0.2) is 4.98 Å². The molecule has 0 fully saturated rings. The summed E-state index contributed by atoms with van der Waals surface area (Å²) in [4.78, 5) is 28.5. The predicted octanol–water partition coefficient (Wildman–Crippen LogP) is 1.17. The van der Waals surface area contributed by atoms with Crippen molar-refractivity contribution in [1.82, 2.24) is 14.9 Å². The molecule has 1 amide bonds. The average Bonchev–Trinajstić information content (AvgIpc) is 2.49. The smallest absolute Gasteiger partial charge is 0.261 e. The van der Waals surface area contributed by atoms with Crippen LogP contribution in [-0.2, 0) is 16.1 Å². The summed E-state index contributed by atoms with van der Waals surface area (Å²) in [6.45, 7) is 0.463. The van der Waals surface area contributed by atoms with E-state index in [9.17, 15) is 9.59 Å². The van der Waals surface area contributed by atoms with E-state index in [2.05, 4.69) is 26.2 Å². The van der Waals surface area contributed by atoms with Gasteiger partial charge >= 0.3 is 0 Å². The Morgan fingerprint density at radius 1 is 1.52 bits per heavy atom. The van der Waals surface area contributed by atoms with Crippen LogP contribution in [0.4, 0.5) is 0 Å². The van der Waals surface area contributed by atoms with E-state index in [1.54, 1.807) is 19.2 Å². The van der Waals surface area contributed by atoms with Gasteiger partial charge in [0.25, 0.3) is 5.56 Å². The Hall–Kier alpha value is -1.73. The second-order valence-corrected chi connectivity index (χ2v) is 5.55. The molecule has 6 nitrogen and oxygen atoms in total. The topological polar surface area (TPSA) is 73.2 Å². The minimum atomic E-state index is -0.441. The van der Waals surface area contributed by atoms with Crippen LogP contribution in [0.25, 0.3) is 10.9 Å². The van der Waals surface area contributed by atoms with Gasteiger partial charge in [-0.3, -0.25) is 14.2 Å². The van der Waals surface area contributed by atoms with Crippen LogP contribution in [0.5, 0.6) is 0 Å². The number of aromatic nitrogens is 2. The Bertz CT molecular complexity index is 714. The van der Waals surface area contributed by atoms with Crippen molar-refractivity contribution in [3.8, 4) is 0 Å². The second kappa shape index (κ2) is 6.82. The third-order valence-corrected chi connectivity index (χ3v) is 3.68. The van der Waals surface area contributed by atoms with Crippen molar-refractivity contribution in [1.29, 1.82) is 0 Å². The largest absolute Gasteiger partial charge is 0.384 e. The molecule has 1 heterocycles. The maximum Gasteiger partial charge on any atom is 0.261 e. The number of methoxy groups -OCH3 is 1. The second-order valence-electron chi connectivity index (χ2n) is 4.63. The van der Waals surface area contributed by atoms with Crippen LogP contribution >= 0.6 is 15.9 Å². The van der Waals surface area contributed by atoms with Gasteiger partial charge in [0, 0.05) is 25.2 Å². The molecule has 1 unspecified atom stereocenters. The number of benzene rings is 1. The highest BCUT2D eigenvalue weighted by molar-refractivity contribution is 9.10. The molecule has 7 heteroatoms. The molecular formula is C14H16BrN3O3. The standard InChI is InChI=1S/C14H16BrN3O3/c1-16-13(19)9(7-21-2)6-18-8-17-12-4-3-10(15)5-11(12)14(18)20/h3-5,8-9H,6-7H2,1-2H3,(H,16,19). The van der Waals surface area contributed by atoms with Gasteiger partial charge in [-0.2, -0.15) is 0 Å². The molecule has 0 saturated carbocycles. The van der Waals surface area contributed by atoms with Crippen LogP contribution < -0.4 is 10.9 Å². The molecule has 1 N–H and O–H groups in total. The molecule has 0 saturated heterocycles. The van der Waals surface area contributed by atoms with E-state index in [4.69, 9.17) is 4.74 Å². The highest BCUT2D eigenvalue weighted by atomic mass is 79.9. The third-order valence-electron chi connectivity index (χ3n) is 3.19. The lowest BCUT2D eigenvalue weighted by atomic mass is 10.1. The number of halogens is 1. The van der Waals surface area contributed by atoms with Crippen molar-refractivity contribution in [3.63, 3.8) is 0 Å². The molecule has 1 atom stereocenters. The van der Waals surface area contributed by atoms with E-state index in [1.165, 1.54) is 18.0 Å². The van der Waals surface area contributed by atoms with Gasteiger partial charge in [-0.05, 0) is 18.2 Å². The zero-order valence-corrected chi connectivity index (χ0v) is 13.4. The number of fused-ring (bicyclic) bond motifs is 1. The zero-order valence-electron chi connectivity index (χ0n) is 11.8. The summed E-state index contributed by atoms with van der Waals surface area (Å²) in [5.74, 6) is -0.609. The first kappa shape index (κ1) is 15.7. The highest BCUT2D eigenvalue weighted by Gasteiger charge is 2.19. The number of nitrogens with one attached hydrogen (secondary N) is 1. The Morgan fingerprint density at radius 2 is 2.29 bits per heavy atom. The molecule has 21 heavy (non-hydrogen) atoms. The molecule has 0 spiro atoms. The van der Waals surface area contributed by atoms with Gasteiger partial charge in [-0.15, -0.1) is 0 Å². The maximum atomic E-state index is 12.5. The van der Waals surface area contributed by atoms with E-state index in [0.717, 1.165) is 4.47 Å². The summed E-state index contributed by atoms with van der Waals surface area (Å²) >= 11 is 3.34. The third kappa shape index (κ3) is 3.48. The molecule has 2 rings (SSSR count). The number of hydrogen-bond donors (Lipinski definition) is 1. The predicted molar refractivity (Wildman–Crippen MR) is 83.1 cm³/mol. The van der Waals surface area contributed by atoms with Gasteiger partial charge in [-0.1, -0.05) is 15.9 Å². The van der Waals surface area contributed by atoms with Crippen molar-refractivity contribution < 1.29 is 9.53 Å². The van der Waals surface area contributed by atoms with Crippen molar-refractivity contribution in [3.05, 3.63) is 39.4 Å². The monoisotopic (exact) mass is 353 g/mol. The van der Waals surface area contributed by atoms with Crippen molar-refractivity contribution in [2.24, 2.45) is 5.92 Å². The number of ether oxygens (including phenoxy) is 1. The van der Waals surface area contributed by atoms with E-state index >= 15 is 0 Å². The molecular weight excluding hydrogens is 338 g/mol. The maximum absolute atomic E-state index is 12.5. The number of hydrogen-bond acceptors (Lipinski definition) is 4. The van der Waals surface area contributed by atoms with Crippen LogP contribution in [0.1, 0.15) is 0 Å². The lowest BCUT2D eigenvalue weighted by Gasteiger charge is -2.16. The minimum absolute atomic E-state index is 0.168. The molecule has 0 aliphatic heterocycles. The fourth-order valence-electron chi connectivity index (χ4n) is 2.12. The van der Waals surface area contributed by atoms with Gasteiger partial charge in [0.05, 0.1) is 29.8 Å². The average molecular weight is 354 g/mol. The Kier molecular flexibility index (Phi) is 5.08. The van der Waals surface area contributed by atoms with Gasteiger partial charge in [0.2, 0.25) is 5.91 Å². The highest BCUT2D eigenvalue weighted by Crippen LogP contribution is 2.15. The van der Waals surface area contributed by atoms with Crippen LogP contribution in [0.15, 0.2) is 33.8 Å². The number of nitrogens with zero attached hydrogens (tertiary/aromatic N) is 2. The van der Waals surface area contributed by atoms with E-state index in [1.807, 2.05) is 6.07 Å². The van der Waals surface area contributed by atoms with Crippen molar-refractivity contribution >= 4 is 32.7 Å². The fraction of sp³-hybridized carbons (Fsp3) is 0.357. The molecule has 1 aromatic carbocycles. The lowest BCUT2D eigenvalue weighted by molar-refractivity contribution is -0.126. The van der Waals surface area contributed by atoms with Crippen molar-refractivity contribution in [2.45, 2.75) is 6.54 Å². The normalized spacial score (nSPS) is 12.3. The summed E-state index contributed by atoms with van der Waals surface area (Å²) in [7, 11) is 3.08. The molecule has 2 aromatic rings. The molecule has 0 radical (unpaired) electrons. The summed E-state index contributed by atoms with van der Waals surface area (Å²) in [6, 6.07) is 5.33. The van der Waals surface area contributed by atoms with Crippen LogP contribution in [0, 0.1) is 5.92 Å². The first-order chi connectivity index (χ1) is 10.1. The summed E-state index contributed by atoms with van der Waals surface area (Å²) in [6.07, 6.45) is 1.46. The molecule has 0 aliphatic carbocycles. The number of amides is 1. The van der Waals surface area contributed by atoms with Gasteiger partial charge < -0.3 is 10.1 Å². The van der Waals surface area contributed by atoms with Gasteiger partial charge in [0.1, 0.15) is 0 Å². The number of rotatable bonds is 5. The zero-order chi connectivity index (χ0) is 15.4. The minimum Gasteiger partial charge on any atom is -0.384 e. The van der Waals surface area contributed by atoms with Crippen LogP contribution in [0.2, 0.25) is 0 Å². The molecule has 112 valence electrons. The number of carbonyl (C=O) groups excluding carboxylic acids is 1. The summed E-state index contributed by atoms with van der Waals surface area (Å²) in [5.41, 5.74) is 0.453. The van der Waals surface area contributed by atoms with Gasteiger partial charge in [0.15, 0.2) is 0 Å². The first-order valence-electron chi connectivity index (χ1n) is 6.42. The van der Waals surface area contributed by atoms with E-state index in [-0.39, 0.29) is 24.6 Å². The summed E-state index contributed by atoms with van der Waals surface area (Å²) in [5, 5.41) is 3.09. The number of carbonyl (C=O) groups is 1. The quantitative estimate of drug-likeness (QED) is 0.875. The first-order valence-corrected chi connectivity index (χ1v) is 7.21. The lowest BCUT2D eigenvalue weighted by Crippen LogP contribution is -2.36. The summed E-state index contributed by atoms with van der Waals surface area (Å²) < 4.78 is 7.29. The SMILES string of the molecule is CNC(=O)C(COC)Cn1cnc2ccc(Br)cc2c1=O. The van der Waals surface area contributed by atoms with E-state index < -0.39 is 5.92 Å². The Balaban J connectivity index is 2.39. The molecule has 0 bridgehead atoms. The van der Waals surface area contributed by atoms with Crippen molar-refractivity contribution in [2.75, 3.05) is 20.8 Å². The van der Waals surface area contributed by atoms with Crippen LogP contribution in [0.3, 0.4) is 0 Å². The molecule has 1 aromatic heterocycles. The van der Waals surface area contributed by atoms with E-state index in [0.29, 0.717) is 10.9 Å². The fourth-order valence-corrected chi connectivity index (χ4v) is 2.48. The Labute approximate surface area is 130 Å².